The van der Waals surface area contributed by atoms with Crippen LogP contribution in [0.3, 0.4) is 0 Å². The zero-order valence-electron chi connectivity index (χ0n) is 10.4. The summed E-state index contributed by atoms with van der Waals surface area (Å²) in [6.45, 7) is 9.96. The summed E-state index contributed by atoms with van der Waals surface area (Å²) in [5.74, 6) is 0.888. The maximum Gasteiger partial charge on any atom is 0.0684 e. The van der Waals surface area contributed by atoms with E-state index in [-0.39, 0.29) is 5.41 Å². The van der Waals surface area contributed by atoms with E-state index in [1.807, 2.05) is 13.8 Å². The van der Waals surface area contributed by atoms with Gasteiger partial charge in [-0.2, -0.15) is 5.26 Å². The lowest BCUT2D eigenvalue weighted by Crippen LogP contribution is -2.29. The van der Waals surface area contributed by atoms with Crippen molar-refractivity contribution in [2.45, 2.75) is 46.5 Å². The van der Waals surface area contributed by atoms with Crippen LogP contribution < -0.4 is 0 Å². The van der Waals surface area contributed by atoms with Gasteiger partial charge in [0, 0.05) is 0 Å². The normalized spacial score (nSPS) is 24.5. The van der Waals surface area contributed by atoms with Crippen LogP contribution in [0.15, 0.2) is 0 Å². The zero-order chi connectivity index (χ0) is 11.3. The summed E-state index contributed by atoms with van der Waals surface area (Å²) < 4.78 is 0. The molecule has 1 heterocycles. The minimum absolute atomic E-state index is 0.155. The molecular weight excluding hydrogens is 184 g/mol. The maximum absolute atomic E-state index is 8.95. The fourth-order valence-electron chi connectivity index (χ4n) is 2.04. The van der Waals surface area contributed by atoms with Crippen molar-refractivity contribution < 1.29 is 0 Å². The molecule has 1 aliphatic heterocycles. The molecule has 1 saturated heterocycles. The van der Waals surface area contributed by atoms with E-state index in [2.05, 4.69) is 17.9 Å². The molecule has 86 valence electrons. The van der Waals surface area contributed by atoms with Gasteiger partial charge in [-0.15, -0.1) is 0 Å². The van der Waals surface area contributed by atoms with Gasteiger partial charge in [0.1, 0.15) is 0 Å². The van der Waals surface area contributed by atoms with E-state index in [4.69, 9.17) is 5.26 Å². The van der Waals surface area contributed by atoms with Crippen LogP contribution >= 0.6 is 0 Å². The van der Waals surface area contributed by atoms with Crippen LogP contribution in [0.5, 0.6) is 0 Å². The highest BCUT2D eigenvalue weighted by atomic mass is 15.1. The van der Waals surface area contributed by atoms with Crippen molar-refractivity contribution in [3.63, 3.8) is 0 Å². The second-order valence-corrected chi connectivity index (χ2v) is 5.62. The Kier molecular flexibility index (Phi) is 4.60. The van der Waals surface area contributed by atoms with Crippen molar-refractivity contribution in [2.75, 3.05) is 19.6 Å². The van der Waals surface area contributed by atoms with Gasteiger partial charge in [0.25, 0.3) is 0 Å². The minimum Gasteiger partial charge on any atom is -0.303 e. The average Bonchev–Trinajstić information content (AvgIpc) is 2.40. The van der Waals surface area contributed by atoms with Crippen molar-refractivity contribution in [3.05, 3.63) is 0 Å². The summed E-state index contributed by atoms with van der Waals surface area (Å²) in [7, 11) is 0. The van der Waals surface area contributed by atoms with Crippen molar-refractivity contribution in [1.29, 1.82) is 5.26 Å². The highest BCUT2D eigenvalue weighted by Gasteiger charge is 2.19. The van der Waals surface area contributed by atoms with E-state index < -0.39 is 0 Å². The van der Waals surface area contributed by atoms with Gasteiger partial charge >= 0.3 is 0 Å². The molecule has 0 N–H and O–H groups in total. The van der Waals surface area contributed by atoms with E-state index in [1.54, 1.807) is 0 Å². The Morgan fingerprint density at radius 2 is 2.07 bits per heavy atom. The van der Waals surface area contributed by atoms with Gasteiger partial charge < -0.3 is 4.90 Å². The van der Waals surface area contributed by atoms with Gasteiger partial charge in [0.15, 0.2) is 0 Å². The Labute approximate surface area is 94.3 Å². The first-order valence-corrected chi connectivity index (χ1v) is 6.17. The Morgan fingerprint density at radius 3 is 2.73 bits per heavy atom. The minimum atomic E-state index is -0.155. The Hall–Kier alpha value is -0.550. The fourth-order valence-corrected chi connectivity index (χ4v) is 2.04. The molecule has 0 bridgehead atoms. The summed E-state index contributed by atoms with van der Waals surface area (Å²) in [6, 6.07) is 2.38. The van der Waals surface area contributed by atoms with Crippen LogP contribution in [-0.2, 0) is 0 Å². The molecule has 1 unspecified atom stereocenters. The molecule has 0 amide bonds. The Balaban J connectivity index is 2.30. The van der Waals surface area contributed by atoms with Crippen LogP contribution in [-0.4, -0.2) is 24.5 Å². The predicted molar refractivity (Wildman–Crippen MR) is 63.5 cm³/mol. The highest BCUT2D eigenvalue weighted by molar-refractivity contribution is 4.92. The van der Waals surface area contributed by atoms with E-state index in [1.165, 1.54) is 32.4 Å². The van der Waals surface area contributed by atoms with Crippen LogP contribution in [0.1, 0.15) is 46.5 Å². The third-order valence-electron chi connectivity index (χ3n) is 3.47. The summed E-state index contributed by atoms with van der Waals surface area (Å²) in [4.78, 5) is 2.53. The number of rotatable bonds is 3. The van der Waals surface area contributed by atoms with Crippen molar-refractivity contribution in [1.82, 2.24) is 4.90 Å². The number of likely N-dealkylation sites (tertiary alicyclic amines) is 1. The number of hydrogen-bond acceptors (Lipinski definition) is 2. The van der Waals surface area contributed by atoms with Crippen LogP contribution in [0.25, 0.3) is 0 Å². The van der Waals surface area contributed by atoms with E-state index >= 15 is 0 Å². The second-order valence-electron chi connectivity index (χ2n) is 5.62. The third kappa shape index (κ3) is 4.66. The lowest BCUT2D eigenvalue weighted by atomic mass is 9.91. The number of nitriles is 1. The molecule has 0 aromatic rings. The summed E-state index contributed by atoms with van der Waals surface area (Å²) in [5, 5.41) is 8.95. The first kappa shape index (κ1) is 12.5. The van der Waals surface area contributed by atoms with Crippen molar-refractivity contribution in [3.8, 4) is 6.07 Å². The molecule has 2 heteroatoms. The number of hydrogen-bond donors (Lipinski definition) is 0. The number of nitrogens with zero attached hydrogens (tertiary/aromatic N) is 2. The maximum atomic E-state index is 8.95. The van der Waals surface area contributed by atoms with Gasteiger partial charge in [-0.3, -0.25) is 0 Å². The topological polar surface area (TPSA) is 27.0 Å². The molecule has 0 spiro atoms. The quantitative estimate of drug-likeness (QED) is 0.712. The van der Waals surface area contributed by atoms with Gasteiger partial charge in [0.2, 0.25) is 0 Å². The van der Waals surface area contributed by atoms with Crippen molar-refractivity contribution in [2.24, 2.45) is 11.3 Å². The molecular formula is C13H24N2. The van der Waals surface area contributed by atoms with Crippen LogP contribution in [0.2, 0.25) is 0 Å². The van der Waals surface area contributed by atoms with Crippen molar-refractivity contribution >= 4 is 0 Å². The standard InChI is InChI=1S/C13H24N2/c1-12-5-4-8-15(9-6-12)10-7-13(2,3)11-14/h12H,4-10H2,1-3H3. The molecule has 1 rings (SSSR count). The van der Waals surface area contributed by atoms with Gasteiger partial charge in [-0.05, 0) is 65.1 Å². The van der Waals surface area contributed by atoms with Crippen LogP contribution in [0.4, 0.5) is 0 Å². The largest absolute Gasteiger partial charge is 0.303 e. The average molecular weight is 208 g/mol. The summed E-state index contributed by atoms with van der Waals surface area (Å²) in [6.07, 6.45) is 5.02. The predicted octanol–water partition coefficient (Wildman–Crippen LogP) is 3.05. The summed E-state index contributed by atoms with van der Waals surface area (Å²) >= 11 is 0. The lowest BCUT2D eigenvalue weighted by Gasteiger charge is -2.23. The summed E-state index contributed by atoms with van der Waals surface area (Å²) in [5.41, 5.74) is -0.155. The third-order valence-corrected chi connectivity index (χ3v) is 3.47. The molecule has 1 atom stereocenters. The fraction of sp³-hybridized carbons (Fsp3) is 0.923. The zero-order valence-corrected chi connectivity index (χ0v) is 10.4. The molecule has 0 aromatic heterocycles. The molecule has 2 nitrogen and oxygen atoms in total. The first-order valence-electron chi connectivity index (χ1n) is 6.17. The van der Waals surface area contributed by atoms with E-state index in [0.717, 1.165) is 18.9 Å². The van der Waals surface area contributed by atoms with Gasteiger partial charge in [0.05, 0.1) is 11.5 Å². The molecule has 0 aromatic carbocycles. The van der Waals surface area contributed by atoms with Crippen LogP contribution in [0, 0.1) is 22.7 Å². The highest BCUT2D eigenvalue weighted by Crippen LogP contribution is 2.21. The molecule has 1 fully saturated rings. The second kappa shape index (κ2) is 5.51. The molecule has 15 heavy (non-hydrogen) atoms. The first-order chi connectivity index (χ1) is 7.03. The molecule has 0 saturated carbocycles. The Bertz CT molecular complexity index is 227. The van der Waals surface area contributed by atoms with Gasteiger partial charge in [-0.25, -0.2) is 0 Å². The van der Waals surface area contributed by atoms with Gasteiger partial charge in [-0.1, -0.05) is 6.92 Å². The lowest BCUT2D eigenvalue weighted by molar-refractivity contribution is 0.248. The molecule has 1 aliphatic rings. The Morgan fingerprint density at radius 1 is 1.33 bits per heavy atom. The monoisotopic (exact) mass is 208 g/mol. The smallest absolute Gasteiger partial charge is 0.0684 e. The SMILES string of the molecule is CC1CCCN(CCC(C)(C)C#N)CC1. The van der Waals surface area contributed by atoms with E-state index in [0.29, 0.717) is 0 Å². The molecule has 0 aliphatic carbocycles. The van der Waals surface area contributed by atoms with E-state index in [9.17, 15) is 0 Å². The molecule has 0 radical (unpaired) electrons.